The predicted octanol–water partition coefficient (Wildman–Crippen LogP) is 1.17. The fourth-order valence-electron chi connectivity index (χ4n) is 0.748. The molecular weight excluding hydrogens is 140 g/mol. The first-order valence-electron chi connectivity index (χ1n) is 3.23. The van der Waals surface area contributed by atoms with Crippen molar-refractivity contribution in [3.8, 4) is 0 Å². The van der Waals surface area contributed by atoms with Gasteiger partial charge in [-0.15, -0.1) is 0 Å². The first-order valence-corrected chi connectivity index (χ1v) is 4.62. The predicted molar refractivity (Wildman–Crippen MR) is 44.7 cm³/mol. The van der Waals surface area contributed by atoms with E-state index in [0.29, 0.717) is 0 Å². The monoisotopic (exact) mass is 149 g/mol. The second-order valence-corrected chi connectivity index (χ2v) is 2.78. The van der Waals surface area contributed by atoms with Crippen molar-refractivity contribution in [2.75, 3.05) is 0 Å². The van der Waals surface area contributed by atoms with E-state index in [1.54, 1.807) is 5.70 Å². The van der Waals surface area contributed by atoms with Crippen molar-refractivity contribution < 1.29 is 4.80 Å². The lowest BCUT2D eigenvalue weighted by molar-refractivity contribution is 0.484. The zero-order chi connectivity index (χ0) is 7.23. The lowest BCUT2D eigenvalue weighted by Gasteiger charge is -1.87. The van der Waals surface area contributed by atoms with Gasteiger partial charge in [-0.3, -0.25) is 0 Å². The van der Waals surface area contributed by atoms with Crippen LogP contribution in [0.15, 0.2) is 36.0 Å². The van der Waals surface area contributed by atoms with Crippen LogP contribution in [-0.4, -0.2) is 9.76 Å². The van der Waals surface area contributed by atoms with E-state index in [2.05, 4.69) is 0 Å². The highest BCUT2D eigenvalue weighted by molar-refractivity contribution is 6.33. The summed E-state index contributed by atoms with van der Waals surface area (Å²) in [4.78, 5) is 10.2. The van der Waals surface area contributed by atoms with Crippen molar-refractivity contribution in [2.45, 2.75) is 0 Å². The van der Waals surface area contributed by atoms with Gasteiger partial charge in [0.15, 0.2) is 0 Å². The van der Waals surface area contributed by atoms with Gasteiger partial charge in [-0.05, 0) is 5.56 Å². The first kappa shape index (κ1) is 7.25. The van der Waals surface area contributed by atoms with Crippen LogP contribution in [-0.2, 0) is 4.80 Å². The van der Waals surface area contributed by atoms with E-state index in [1.165, 1.54) is 0 Å². The molecule has 0 saturated carbocycles. The van der Waals surface area contributed by atoms with Gasteiger partial charge < -0.3 is 4.80 Å². The molecule has 51 valence electrons. The first-order chi connectivity index (χ1) is 4.93. The Morgan fingerprint density at radius 2 is 1.90 bits per heavy atom. The van der Waals surface area contributed by atoms with Crippen LogP contribution in [0, 0.1) is 0 Å². The highest BCUT2D eigenvalue weighted by atomic mass is 28.2. The summed E-state index contributed by atoms with van der Waals surface area (Å²) in [5, 5.41) is 0. The summed E-state index contributed by atoms with van der Waals surface area (Å²) in [6, 6.07) is 9.87. The molecule has 0 saturated heterocycles. The minimum Gasteiger partial charge on any atom is -0.301 e. The third-order valence-corrected chi connectivity index (χ3v) is 1.63. The van der Waals surface area contributed by atoms with Crippen LogP contribution in [0.5, 0.6) is 0 Å². The van der Waals surface area contributed by atoms with Gasteiger partial charge in [-0.2, -0.15) is 0 Å². The standard InChI is InChI=1S/C8H9OSi/c9-10-7-6-8-4-2-1-3-5-8/h1-7H,10H2/b7-6+. The molecule has 0 spiro atoms. The topological polar surface area (TPSA) is 19.9 Å². The molecule has 0 amide bonds. The van der Waals surface area contributed by atoms with Gasteiger partial charge >= 0.3 is 0 Å². The maximum absolute atomic E-state index is 10.2. The van der Waals surface area contributed by atoms with Gasteiger partial charge in [-0.25, -0.2) is 0 Å². The van der Waals surface area contributed by atoms with Crippen LogP contribution in [0.25, 0.3) is 6.08 Å². The third kappa shape index (κ3) is 2.17. The molecule has 0 aromatic heterocycles. The van der Waals surface area contributed by atoms with Crippen molar-refractivity contribution >= 4 is 15.8 Å². The van der Waals surface area contributed by atoms with Crippen molar-refractivity contribution in [1.82, 2.24) is 0 Å². The van der Waals surface area contributed by atoms with Crippen molar-refractivity contribution in [2.24, 2.45) is 0 Å². The van der Waals surface area contributed by atoms with Crippen LogP contribution in [0.3, 0.4) is 0 Å². The summed E-state index contributed by atoms with van der Waals surface area (Å²) < 4.78 is 0. The molecule has 1 radical (unpaired) electrons. The summed E-state index contributed by atoms with van der Waals surface area (Å²) in [6.45, 7) is 0. The maximum Gasteiger partial charge on any atom is 0.230 e. The Bertz CT molecular complexity index is 206. The molecule has 0 N–H and O–H groups in total. The average Bonchev–Trinajstić information content (AvgIpc) is 2.03. The molecule has 0 aliphatic heterocycles. The van der Waals surface area contributed by atoms with Gasteiger partial charge in [0, 0.05) is 0 Å². The molecule has 0 aliphatic rings. The smallest absolute Gasteiger partial charge is 0.230 e. The summed E-state index contributed by atoms with van der Waals surface area (Å²) in [7, 11) is -1.16. The maximum atomic E-state index is 10.2. The van der Waals surface area contributed by atoms with Gasteiger partial charge in [0.1, 0.15) is 0 Å². The molecule has 1 aromatic rings. The largest absolute Gasteiger partial charge is 0.301 e. The molecule has 1 nitrogen and oxygen atoms in total. The number of rotatable bonds is 2. The van der Waals surface area contributed by atoms with E-state index >= 15 is 0 Å². The minimum atomic E-state index is -1.16. The van der Waals surface area contributed by atoms with Gasteiger partial charge in [0.25, 0.3) is 0 Å². The fraction of sp³-hybridized carbons (Fsp3) is 0. The fourth-order valence-corrected chi connectivity index (χ4v) is 1.12. The summed E-state index contributed by atoms with van der Waals surface area (Å²) in [5.41, 5.74) is 2.86. The quantitative estimate of drug-likeness (QED) is 0.563. The van der Waals surface area contributed by atoms with E-state index in [9.17, 15) is 4.80 Å². The van der Waals surface area contributed by atoms with Crippen molar-refractivity contribution in [1.29, 1.82) is 0 Å². The van der Waals surface area contributed by atoms with E-state index in [4.69, 9.17) is 0 Å². The Labute approximate surface area is 63.0 Å². The molecule has 10 heavy (non-hydrogen) atoms. The molecule has 0 atom stereocenters. The lowest BCUT2D eigenvalue weighted by atomic mass is 10.2. The summed E-state index contributed by atoms with van der Waals surface area (Å²) in [5.74, 6) is 0. The van der Waals surface area contributed by atoms with Crippen molar-refractivity contribution in [3.05, 3.63) is 41.6 Å². The summed E-state index contributed by atoms with van der Waals surface area (Å²) >= 11 is 0. The Kier molecular flexibility index (Phi) is 2.92. The van der Waals surface area contributed by atoms with Crippen LogP contribution in [0.2, 0.25) is 0 Å². The lowest BCUT2D eigenvalue weighted by Crippen LogP contribution is -1.74. The summed E-state index contributed by atoms with van der Waals surface area (Å²) in [6.07, 6.45) is 1.89. The highest BCUT2D eigenvalue weighted by Gasteiger charge is 1.80. The van der Waals surface area contributed by atoms with Crippen LogP contribution < -0.4 is 0 Å². The Morgan fingerprint density at radius 1 is 1.20 bits per heavy atom. The second-order valence-electron chi connectivity index (χ2n) is 1.98. The molecule has 0 aliphatic carbocycles. The van der Waals surface area contributed by atoms with Gasteiger partial charge in [0.05, 0.1) is 0 Å². The second kappa shape index (κ2) is 4.03. The van der Waals surface area contributed by atoms with Crippen LogP contribution in [0.1, 0.15) is 5.56 Å². The molecule has 2 heteroatoms. The molecule has 0 heterocycles. The minimum absolute atomic E-state index is 1.12. The highest BCUT2D eigenvalue weighted by Crippen LogP contribution is 1.99. The Balaban J connectivity index is 2.67. The molecule has 0 fully saturated rings. The van der Waals surface area contributed by atoms with E-state index in [-0.39, 0.29) is 0 Å². The van der Waals surface area contributed by atoms with Gasteiger partial charge in [-0.1, -0.05) is 42.1 Å². The zero-order valence-electron chi connectivity index (χ0n) is 5.66. The molecular formula is C8H9OSi. The zero-order valence-corrected chi connectivity index (χ0v) is 7.07. The Morgan fingerprint density at radius 3 is 2.50 bits per heavy atom. The van der Waals surface area contributed by atoms with E-state index in [0.717, 1.165) is 5.56 Å². The molecule has 0 unspecified atom stereocenters. The van der Waals surface area contributed by atoms with E-state index in [1.807, 2.05) is 36.4 Å². The third-order valence-electron chi connectivity index (χ3n) is 1.21. The van der Waals surface area contributed by atoms with Crippen molar-refractivity contribution in [3.63, 3.8) is 0 Å². The molecule has 1 rings (SSSR count). The SMILES string of the molecule is [O][SiH2]/C=C/c1ccccc1. The average molecular weight is 149 g/mol. The molecule has 0 bridgehead atoms. The number of benzene rings is 1. The Hall–Kier alpha value is -0.863. The van der Waals surface area contributed by atoms with E-state index < -0.39 is 9.76 Å². The van der Waals surface area contributed by atoms with Gasteiger partial charge in [0.2, 0.25) is 9.76 Å². The number of hydrogen-bond donors (Lipinski definition) is 0. The van der Waals surface area contributed by atoms with Crippen LogP contribution in [0.4, 0.5) is 0 Å². The number of hydrogen-bond acceptors (Lipinski definition) is 0. The van der Waals surface area contributed by atoms with Crippen LogP contribution >= 0.6 is 0 Å². The normalized spacial score (nSPS) is 11.7. The molecule has 1 aromatic carbocycles.